The molecule has 21 heavy (non-hydrogen) atoms. The van der Waals surface area contributed by atoms with E-state index in [1.165, 1.54) is 5.56 Å². The van der Waals surface area contributed by atoms with Crippen LogP contribution in [0.5, 0.6) is 11.5 Å². The fourth-order valence-electron chi connectivity index (χ4n) is 2.24. The van der Waals surface area contributed by atoms with E-state index in [4.69, 9.17) is 9.47 Å². The van der Waals surface area contributed by atoms with Gasteiger partial charge in [-0.1, -0.05) is 48.9 Å². The fourth-order valence-corrected chi connectivity index (χ4v) is 2.24. The Kier molecular flexibility index (Phi) is 5.64. The Labute approximate surface area is 126 Å². The smallest absolute Gasteiger partial charge is 0.166 e. The van der Waals surface area contributed by atoms with Crippen LogP contribution in [0.15, 0.2) is 42.5 Å². The van der Waals surface area contributed by atoms with Gasteiger partial charge in [-0.25, -0.2) is 0 Å². The maximum absolute atomic E-state index is 6.03. The Balaban J connectivity index is 2.16. The largest absolute Gasteiger partial charge is 0.493 e. The molecule has 0 heterocycles. The predicted octanol–water partition coefficient (Wildman–Crippen LogP) is 3.69. The van der Waals surface area contributed by atoms with E-state index in [0.717, 1.165) is 35.7 Å². The van der Waals surface area contributed by atoms with Crippen LogP contribution in [0, 0.1) is 6.92 Å². The van der Waals surface area contributed by atoms with Crippen LogP contribution in [0.4, 0.5) is 0 Å². The highest BCUT2D eigenvalue weighted by molar-refractivity contribution is 5.46. The molecule has 2 aromatic carbocycles. The molecular weight excluding hydrogens is 262 g/mol. The molecule has 2 aromatic rings. The summed E-state index contributed by atoms with van der Waals surface area (Å²) in [5.41, 5.74) is 3.52. The van der Waals surface area contributed by atoms with E-state index in [0.29, 0.717) is 6.61 Å². The van der Waals surface area contributed by atoms with Crippen molar-refractivity contribution >= 4 is 0 Å². The number of ether oxygens (including phenoxy) is 2. The second kappa shape index (κ2) is 7.70. The van der Waals surface area contributed by atoms with Crippen LogP contribution in [0.3, 0.4) is 0 Å². The van der Waals surface area contributed by atoms with Crippen LogP contribution in [-0.4, -0.2) is 13.7 Å². The van der Waals surface area contributed by atoms with Crippen molar-refractivity contribution in [3.8, 4) is 11.5 Å². The van der Waals surface area contributed by atoms with Gasteiger partial charge in [0.25, 0.3) is 0 Å². The first kappa shape index (κ1) is 15.4. The normalized spacial score (nSPS) is 10.4. The summed E-state index contributed by atoms with van der Waals surface area (Å²) in [5.74, 6) is 1.60. The minimum atomic E-state index is 0.543. The lowest BCUT2D eigenvalue weighted by Crippen LogP contribution is -2.13. The summed E-state index contributed by atoms with van der Waals surface area (Å²) in [4.78, 5) is 0. The summed E-state index contributed by atoms with van der Waals surface area (Å²) in [7, 11) is 1.67. The van der Waals surface area contributed by atoms with Crippen molar-refractivity contribution in [1.29, 1.82) is 0 Å². The molecule has 2 rings (SSSR count). The van der Waals surface area contributed by atoms with E-state index in [-0.39, 0.29) is 0 Å². The van der Waals surface area contributed by atoms with Crippen LogP contribution in [0.25, 0.3) is 0 Å². The Hall–Kier alpha value is -2.00. The molecule has 0 fully saturated rings. The van der Waals surface area contributed by atoms with Gasteiger partial charge in [0.05, 0.1) is 7.11 Å². The third-order valence-electron chi connectivity index (χ3n) is 3.31. The average molecular weight is 285 g/mol. The van der Waals surface area contributed by atoms with Crippen molar-refractivity contribution in [3.05, 3.63) is 59.2 Å². The van der Waals surface area contributed by atoms with Crippen molar-refractivity contribution in [2.24, 2.45) is 0 Å². The molecule has 0 spiro atoms. The molecular formula is C18H23NO2. The van der Waals surface area contributed by atoms with Crippen molar-refractivity contribution in [3.63, 3.8) is 0 Å². The predicted molar refractivity (Wildman–Crippen MR) is 85.9 cm³/mol. The summed E-state index contributed by atoms with van der Waals surface area (Å²) in [6.07, 6.45) is 0. The highest BCUT2D eigenvalue weighted by atomic mass is 16.5. The number of methoxy groups -OCH3 is 1. The minimum Gasteiger partial charge on any atom is -0.493 e. The van der Waals surface area contributed by atoms with Crippen LogP contribution >= 0.6 is 0 Å². The third kappa shape index (κ3) is 4.23. The fraction of sp³-hybridized carbons (Fsp3) is 0.333. The molecule has 0 unspecified atom stereocenters. The summed E-state index contributed by atoms with van der Waals surface area (Å²) in [6.45, 7) is 6.42. The van der Waals surface area contributed by atoms with E-state index < -0.39 is 0 Å². The molecule has 0 bridgehead atoms. The zero-order valence-electron chi connectivity index (χ0n) is 13.0. The quantitative estimate of drug-likeness (QED) is 0.841. The molecule has 0 aromatic heterocycles. The molecule has 112 valence electrons. The molecule has 0 radical (unpaired) electrons. The standard InChI is InChI=1S/C18H23NO2/c1-4-19-12-16-9-6-10-17(20-3)18(16)21-13-15-8-5-7-14(2)11-15/h5-11,19H,4,12-13H2,1-3H3. The van der Waals surface area contributed by atoms with Crippen LogP contribution in [-0.2, 0) is 13.2 Å². The SMILES string of the molecule is CCNCc1cccc(OC)c1OCc1cccc(C)c1. The number of aryl methyl sites for hydroxylation is 1. The van der Waals surface area contributed by atoms with Gasteiger partial charge in [-0.15, -0.1) is 0 Å². The first-order chi connectivity index (χ1) is 10.2. The van der Waals surface area contributed by atoms with Gasteiger partial charge in [0.1, 0.15) is 6.61 Å². The zero-order valence-corrected chi connectivity index (χ0v) is 13.0. The van der Waals surface area contributed by atoms with Crippen molar-refractivity contribution in [2.45, 2.75) is 27.0 Å². The monoisotopic (exact) mass is 285 g/mol. The molecule has 0 atom stereocenters. The van der Waals surface area contributed by atoms with Gasteiger partial charge in [0.2, 0.25) is 0 Å². The topological polar surface area (TPSA) is 30.5 Å². The Bertz CT molecular complexity index is 581. The Morgan fingerprint density at radius 2 is 1.90 bits per heavy atom. The van der Waals surface area contributed by atoms with E-state index >= 15 is 0 Å². The van der Waals surface area contributed by atoms with Gasteiger partial charge in [0.15, 0.2) is 11.5 Å². The first-order valence-corrected chi connectivity index (χ1v) is 7.29. The number of rotatable bonds is 7. The van der Waals surface area contributed by atoms with Gasteiger partial charge in [0, 0.05) is 12.1 Å². The van der Waals surface area contributed by atoms with E-state index in [9.17, 15) is 0 Å². The number of hydrogen-bond donors (Lipinski definition) is 1. The Morgan fingerprint density at radius 3 is 2.62 bits per heavy atom. The van der Waals surface area contributed by atoms with E-state index in [2.05, 4.69) is 49.5 Å². The molecule has 0 saturated carbocycles. The Morgan fingerprint density at radius 1 is 1.10 bits per heavy atom. The second-order valence-corrected chi connectivity index (χ2v) is 5.01. The van der Waals surface area contributed by atoms with Crippen molar-refractivity contribution in [1.82, 2.24) is 5.32 Å². The summed E-state index contributed by atoms with van der Waals surface area (Å²) in [6, 6.07) is 14.3. The van der Waals surface area contributed by atoms with Crippen LogP contribution < -0.4 is 14.8 Å². The maximum atomic E-state index is 6.03. The highest BCUT2D eigenvalue weighted by Gasteiger charge is 2.10. The maximum Gasteiger partial charge on any atom is 0.166 e. The lowest BCUT2D eigenvalue weighted by atomic mass is 10.1. The summed E-state index contributed by atoms with van der Waals surface area (Å²) >= 11 is 0. The number of hydrogen-bond acceptors (Lipinski definition) is 3. The molecule has 1 N–H and O–H groups in total. The molecule has 0 aliphatic rings. The minimum absolute atomic E-state index is 0.543. The van der Waals surface area contributed by atoms with Gasteiger partial charge in [-0.3, -0.25) is 0 Å². The molecule has 0 saturated heterocycles. The van der Waals surface area contributed by atoms with Gasteiger partial charge >= 0.3 is 0 Å². The number of benzene rings is 2. The number of nitrogens with one attached hydrogen (secondary N) is 1. The lowest BCUT2D eigenvalue weighted by Gasteiger charge is -2.15. The highest BCUT2D eigenvalue weighted by Crippen LogP contribution is 2.31. The molecule has 3 heteroatoms. The van der Waals surface area contributed by atoms with Crippen LogP contribution in [0.2, 0.25) is 0 Å². The van der Waals surface area contributed by atoms with E-state index in [1.54, 1.807) is 7.11 Å². The van der Waals surface area contributed by atoms with Gasteiger partial charge in [-0.2, -0.15) is 0 Å². The summed E-state index contributed by atoms with van der Waals surface area (Å²) < 4.78 is 11.5. The molecule has 3 nitrogen and oxygen atoms in total. The van der Waals surface area contributed by atoms with E-state index in [1.807, 2.05) is 12.1 Å². The molecule has 0 aliphatic carbocycles. The summed E-state index contributed by atoms with van der Waals surface area (Å²) in [5, 5.41) is 3.33. The van der Waals surface area contributed by atoms with Crippen molar-refractivity contribution in [2.75, 3.05) is 13.7 Å². The first-order valence-electron chi connectivity index (χ1n) is 7.29. The van der Waals surface area contributed by atoms with Gasteiger partial charge in [-0.05, 0) is 25.1 Å². The average Bonchev–Trinajstić information content (AvgIpc) is 2.51. The van der Waals surface area contributed by atoms with Crippen molar-refractivity contribution < 1.29 is 9.47 Å². The van der Waals surface area contributed by atoms with Gasteiger partial charge < -0.3 is 14.8 Å². The van der Waals surface area contributed by atoms with Crippen LogP contribution in [0.1, 0.15) is 23.6 Å². The lowest BCUT2D eigenvalue weighted by molar-refractivity contribution is 0.280. The second-order valence-electron chi connectivity index (χ2n) is 5.01. The number of para-hydroxylation sites is 1. The molecule has 0 aliphatic heterocycles. The molecule has 0 amide bonds. The zero-order chi connectivity index (χ0) is 15.1. The third-order valence-corrected chi connectivity index (χ3v) is 3.31.